The predicted molar refractivity (Wildman–Crippen MR) is 60.6 cm³/mol. The first kappa shape index (κ1) is 10.7. The van der Waals surface area contributed by atoms with E-state index in [0.717, 1.165) is 6.54 Å². The summed E-state index contributed by atoms with van der Waals surface area (Å²) in [5, 5.41) is 2.30. The Morgan fingerprint density at radius 1 is 1.25 bits per heavy atom. The number of rotatable bonds is 3. The Bertz CT molecular complexity index is 121. The van der Waals surface area contributed by atoms with Gasteiger partial charge in [0.25, 0.3) is 0 Å². The molecule has 12 heavy (non-hydrogen) atoms. The molecule has 3 nitrogen and oxygen atoms in total. The van der Waals surface area contributed by atoms with Crippen LogP contribution in [0.1, 0.15) is 6.42 Å². The molecular weight excluding hydrogens is 265 g/mol. The minimum absolute atomic E-state index is 1.16. The van der Waals surface area contributed by atoms with Gasteiger partial charge in [-0.2, -0.15) is 0 Å². The van der Waals surface area contributed by atoms with E-state index in [1.165, 1.54) is 37.0 Å². The monoisotopic (exact) mass is 283 g/mol. The number of hydrogen-bond donors (Lipinski definition) is 1. The molecule has 0 aromatic heterocycles. The van der Waals surface area contributed by atoms with E-state index in [9.17, 15) is 0 Å². The highest BCUT2D eigenvalue weighted by Crippen LogP contribution is 2.00. The zero-order valence-electron chi connectivity index (χ0n) is 7.72. The topological polar surface area (TPSA) is 18.5 Å². The number of nitrogens with zero attached hydrogens (tertiary/aromatic N) is 2. The van der Waals surface area contributed by atoms with Crippen LogP contribution in [0.2, 0.25) is 0 Å². The van der Waals surface area contributed by atoms with Crippen molar-refractivity contribution in [3.05, 3.63) is 0 Å². The van der Waals surface area contributed by atoms with Crippen LogP contribution in [0.4, 0.5) is 0 Å². The third kappa shape index (κ3) is 3.55. The highest BCUT2D eigenvalue weighted by molar-refractivity contribution is 14.1. The summed E-state index contributed by atoms with van der Waals surface area (Å²) in [6, 6.07) is 0. The van der Waals surface area contributed by atoms with Crippen molar-refractivity contribution >= 4 is 22.6 Å². The second kappa shape index (κ2) is 6.12. The van der Waals surface area contributed by atoms with Crippen LogP contribution in [0, 0.1) is 0 Å². The molecule has 1 rings (SSSR count). The number of hydrazine groups is 1. The van der Waals surface area contributed by atoms with E-state index >= 15 is 0 Å². The first-order valence-corrected chi connectivity index (χ1v) is 6.10. The average Bonchev–Trinajstić information content (AvgIpc) is 2.31. The fourth-order valence-corrected chi connectivity index (χ4v) is 2.22. The summed E-state index contributed by atoms with van der Waals surface area (Å²) in [7, 11) is 2.01. The minimum atomic E-state index is 1.16. The zero-order chi connectivity index (χ0) is 8.81. The summed E-state index contributed by atoms with van der Waals surface area (Å²) >= 11 is 2.45. The summed E-state index contributed by atoms with van der Waals surface area (Å²) in [5.41, 5.74) is 3.21. The lowest BCUT2D eigenvalue weighted by molar-refractivity contribution is 0.210. The quantitative estimate of drug-likeness (QED) is 0.603. The molecule has 0 aromatic rings. The number of alkyl halides is 1. The predicted octanol–water partition coefficient (Wildman–Crippen LogP) is 0.564. The molecule has 1 fully saturated rings. The van der Waals surface area contributed by atoms with Gasteiger partial charge in [0.2, 0.25) is 0 Å². The molecule has 1 aliphatic heterocycles. The Balaban J connectivity index is 2.24. The normalized spacial score (nSPS) is 22.5. The third-order valence-electron chi connectivity index (χ3n) is 2.31. The molecule has 1 aliphatic rings. The fraction of sp³-hybridized carbons (Fsp3) is 1.00. The Labute approximate surface area is 88.6 Å². The molecule has 1 saturated heterocycles. The van der Waals surface area contributed by atoms with Gasteiger partial charge in [-0.1, -0.05) is 22.6 Å². The fourth-order valence-electron chi connectivity index (χ4n) is 1.54. The van der Waals surface area contributed by atoms with Crippen molar-refractivity contribution in [2.75, 3.05) is 44.2 Å². The molecule has 0 atom stereocenters. The third-order valence-corrected chi connectivity index (χ3v) is 2.79. The van der Waals surface area contributed by atoms with Crippen molar-refractivity contribution in [1.29, 1.82) is 0 Å². The van der Waals surface area contributed by atoms with Gasteiger partial charge in [-0.05, 0) is 20.0 Å². The molecule has 1 heterocycles. The molecule has 0 unspecified atom stereocenters. The van der Waals surface area contributed by atoms with Gasteiger partial charge in [-0.15, -0.1) is 0 Å². The Morgan fingerprint density at radius 3 is 2.75 bits per heavy atom. The van der Waals surface area contributed by atoms with Crippen LogP contribution in [0.5, 0.6) is 0 Å². The molecule has 0 radical (unpaired) electrons. The molecule has 0 spiro atoms. The zero-order valence-corrected chi connectivity index (χ0v) is 9.88. The van der Waals surface area contributed by atoms with Crippen LogP contribution in [-0.2, 0) is 0 Å². The van der Waals surface area contributed by atoms with Crippen molar-refractivity contribution in [3.63, 3.8) is 0 Å². The maximum atomic E-state index is 3.21. The molecule has 72 valence electrons. The van der Waals surface area contributed by atoms with Gasteiger partial charge in [0.1, 0.15) is 0 Å². The van der Waals surface area contributed by atoms with Crippen LogP contribution >= 0.6 is 22.6 Å². The number of nitrogens with one attached hydrogen (secondary N) is 1. The maximum Gasteiger partial charge on any atom is 0.0258 e. The molecule has 0 amide bonds. The molecule has 1 N–H and O–H groups in total. The van der Waals surface area contributed by atoms with Gasteiger partial charge in [-0.3, -0.25) is 5.43 Å². The van der Waals surface area contributed by atoms with E-state index in [4.69, 9.17) is 0 Å². The summed E-state index contributed by atoms with van der Waals surface area (Å²) in [5.74, 6) is 0. The lowest BCUT2D eigenvalue weighted by Gasteiger charge is -2.19. The van der Waals surface area contributed by atoms with Gasteiger partial charge < -0.3 is 4.90 Å². The van der Waals surface area contributed by atoms with Crippen LogP contribution < -0.4 is 5.43 Å². The number of hydrogen-bond acceptors (Lipinski definition) is 3. The van der Waals surface area contributed by atoms with E-state index in [2.05, 4.69) is 37.9 Å². The minimum Gasteiger partial charge on any atom is -0.301 e. The first-order chi connectivity index (χ1) is 5.86. The number of halogens is 1. The van der Waals surface area contributed by atoms with Gasteiger partial charge in [0, 0.05) is 30.6 Å². The van der Waals surface area contributed by atoms with Crippen molar-refractivity contribution in [2.24, 2.45) is 0 Å². The molecule has 0 aliphatic carbocycles. The summed E-state index contributed by atoms with van der Waals surface area (Å²) in [6.45, 7) is 6.07. The van der Waals surface area contributed by atoms with E-state index in [1.54, 1.807) is 0 Å². The lowest BCUT2D eigenvalue weighted by atomic mass is 10.4. The molecule has 0 aromatic carbocycles. The van der Waals surface area contributed by atoms with Crippen LogP contribution in [-0.4, -0.2) is 54.1 Å². The van der Waals surface area contributed by atoms with Gasteiger partial charge >= 0.3 is 0 Å². The highest BCUT2D eigenvalue weighted by atomic mass is 127. The van der Waals surface area contributed by atoms with Gasteiger partial charge in [-0.25, -0.2) is 5.01 Å². The smallest absolute Gasteiger partial charge is 0.0258 e. The molecule has 0 saturated carbocycles. The van der Waals surface area contributed by atoms with Gasteiger partial charge in [0.15, 0.2) is 0 Å². The Morgan fingerprint density at radius 2 is 2.08 bits per heavy atom. The Hall–Kier alpha value is 0.610. The molecule has 0 bridgehead atoms. The average molecular weight is 283 g/mol. The first-order valence-electron chi connectivity index (χ1n) is 4.57. The SMILES string of the molecule is CNN1CCCN(CCI)CC1. The lowest BCUT2D eigenvalue weighted by Crippen LogP contribution is -2.38. The standard InChI is InChI=1S/C8H18IN3/c1-10-12-5-2-4-11(6-3-9)7-8-12/h10H,2-8H2,1H3. The molecular formula is C8H18IN3. The van der Waals surface area contributed by atoms with Gasteiger partial charge in [0.05, 0.1) is 0 Å². The highest BCUT2D eigenvalue weighted by Gasteiger charge is 2.11. The summed E-state index contributed by atoms with van der Waals surface area (Å²) in [4.78, 5) is 2.55. The van der Waals surface area contributed by atoms with Crippen LogP contribution in [0.25, 0.3) is 0 Å². The summed E-state index contributed by atoms with van der Waals surface area (Å²) in [6.07, 6.45) is 1.29. The van der Waals surface area contributed by atoms with E-state index in [1.807, 2.05) is 7.05 Å². The largest absolute Gasteiger partial charge is 0.301 e. The van der Waals surface area contributed by atoms with Crippen LogP contribution in [0.15, 0.2) is 0 Å². The van der Waals surface area contributed by atoms with Crippen LogP contribution in [0.3, 0.4) is 0 Å². The molecule has 4 heteroatoms. The van der Waals surface area contributed by atoms with E-state index in [-0.39, 0.29) is 0 Å². The van der Waals surface area contributed by atoms with E-state index < -0.39 is 0 Å². The van der Waals surface area contributed by atoms with Crippen molar-refractivity contribution < 1.29 is 0 Å². The summed E-state index contributed by atoms with van der Waals surface area (Å²) < 4.78 is 1.25. The van der Waals surface area contributed by atoms with Crippen molar-refractivity contribution in [2.45, 2.75) is 6.42 Å². The second-order valence-electron chi connectivity index (χ2n) is 3.09. The van der Waals surface area contributed by atoms with E-state index in [0.29, 0.717) is 0 Å². The Kier molecular flexibility index (Phi) is 5.45. The van der Waals surface area contributed by atoms with Crippen molar-refractivity contribution in [3.8, 4) is 0 Å². The maximum absolute atomic E-state index is 3.21. The van der Waals surface area contributed by atoms with Crippen molar-refractivity contribution in [1.82, 2.24) is 15.3 Å². The second-order valence-corrected chi connectivity index (χ2v) is 4.17.